The monoisotopic (exact) mass is 213 g/mol. The first-order valence-electron chi connectivity index (χ1n) is 4.42. The molecule has 1 amide bonds. The van der Waals surface area contributed by atoms with Gasteiger partial charge in [-0.25, -0.2) is 9.18 Å². The van der Waals surface area contributed by atoms with E-state index in [1.807, 2.05) is 0 Å². The summed E-state index contributed by atoms with van der Waals surface area (Å²) in [5.74, 6) is 0.195. The molecule has 5 heteroatoms. The van der Waals surface area contributed by atoms with E-state index in [0.717, 1.165) is 4.90 Å². The average Bonchev–Trinajstić information content (AvgIpc) is 2.20. The number of likely N-dealkylation sites (N-methyl/N-ethyl adjacent to an activating group) is 1. The Bertz CT molecular complexity index is 326. The summed E-state index contributed by atoms with van der Waals surface area (Å²) >= 11 is 0. The molecule has 0 radical (unpaired) electrons. The van der Waals surface area contributed by atoms with E-state index in [1.54, 1.807) is 0 Å². The first-order chi connectivity index (χ1) is 7.09. The van der Waals surface area contributed by atoms with Gasteiger partial charge in [-0.05, 0) is 24.3 Å². The van der Waals surface area contributed by atoms with Crippen LogP contribution in [0.15, 0.2) is 24.3 Å². The van der Waals surface area contributed by atoms with Crippen molar-refractivity contribution in [2.75, 3.05) is 20.2 Å². The summed E-state index contributed by atoms with van der Waals surface area (Å²) in [5.41, 5.74) is 0. The molecule has 0 spiro atoms. The van der Waals surface area contributed by atoms with Gasteiger partial charge in [0.25, 0.3) is 0 Å². The lowest BCUT2D eigenvalue weighted by Crippen LogP contribution is -2.29. The number of hydrogen-bond acceptors (Lipinski definition) is 2. The van der Waals surface area contributed by atoms with Crippen molar-refractivity contribution < 1.29 is 19.0 Å². The van der Waals surface area contributed by atoms with Crippen molar-refractivity contribution in [3.8, 4) is 5.75 Å². The van der Waals surface area contributed by atoms with Crippen molar-refractivity contribution in [2.45, 2.75) is 0 Å². The van der Waals surface area contributed by atoms with Crippen molar-refractivity contribution in [1.29, 1.82) is 0 Å². The number of rotatable bonds is 4. The van der Waals surface area contributed by atoms with Crippen LogP contribution in [0.4, 0.5) is 9.18 Å². The van der Waals surface area contributed by atoms with Crippen molar-refractivity contribution in [2.24, 2.45) is 0 Å². The Morgan fingerprint density at radius 2 is 2.07 bits per heavy atom. The molecule has 0 atom stereocenters. The number of nitrogens with zero attached hydrogens (tertiary/aromatic N) is 1. The van der Waals surface area contributed by atoms with Crippen LogP contribution in [0.1, 0.15) is 0 Å². The average molecular weight is 213 g/mol. The number of ether oxygens (including phenoxy) is 1. The number of halogens is 1. The van der Waals surface area contributed by atoms with Crippen molar-refractivity contribution >= 4 is 6.09 Å². The molecule has 0 heterocycles. The Labute approximate surface area is 86.9 Å². The lowest BCUT2D eigenvalue weighted by Gasteiger charge is -2.13. The third kappa shape index (κ3) is 3.84. The van der Waals surface area contributed by atoms with Gasteiger partial charge in [-0.3, -0.25) is 0 Å². The van der Waals surface area contributed by atoms with Gasteiger partial charge >= 0.3 is 6.09 Å². The van der Waals surface area contributed by atoms with Crippen LogP contribution in [0.5, 0.6) is 5.75 Å². The van der Waals surface area contributed by atoms with E-state index in [2.05, 4.69) is 0 Å². The fourth-order valence-electron chi connectivity index (χ4n) is 0.927. The minimum Gasteiger partial charge on any atom is -0.492 e. The zero-order chi connectivity index (χ0) is 11.3. The molecule has 0 fully saturated rings. The van der Waals surface area contributed by atoms with Crippen LogP contribution in [-0.4, -0.2) is 36.3 Å². The standard InChI is InChI=1S/C10H12FNO3/c1-12(10(13)14)6-7-15-9-4-2-8(11)3-5-9/h2-5H,6-7H2,1H3,(H,13,14). The second kappa shape index (κ2) is 5.19. The molecular weight excluding hydrogens is 201 g/mol. The van der Waals surface area contributed by atoms with Crippen LogP contribution in [0.3, 0.4) is 0 Å². The summed E-state index contributed by atoms with van der Waals surface area (Å²) in [7, 11) is 1.45. The first-order valence-corrected chi connectivity index (χ1v) is 4.42. The quantitative estimate of drug-likeness (QED) is 0.829. The van der Waals surface area contributed by atoms with Gasteiger partial charge in [0.15, 0.2) is 0 Å². The zero-order valence-corrected chi connectivity index (χ0v) is 8.31. The van der Waals surface area contributed by atoms with E-state index in [-0.39, 0.29) is 19.0 Å². The van der Waals surface area contributed by atoms with Gasteiger partial charge in [0.05, 0.1) is 6.54 Å². The molecule has 0 bridgehead atoms. The van der Waals surface area contributed by atoms with Crippen molar-refractivity contribution in [3.05, 3.63) is 30.1 Å². The number of carboxylic acid groups (broad SMARTS) is 1. The molecular formula is C10H12FNO3. The maximum atomic E-state index is 12.5. The van der Waals surface area contributed by atoms with Crippen LogP contribution in [0.25, 0.3) is 0 Å². The van der Waals surface area contributed by atoms with E-state index < -0.39 is 6.09 Å². The predicted molar refractivity (Wildman–Crippen MR) is 52.5 cm³/mol. The van der Waals surface area contributed by atoms with Gasteiger partial charge in [-0.1, -0.05) is 0 Å². The maximum Gasteiger partial charge on any atom is 0.407 e. The van der Waals surface area contributed by atoms with E-state index in [9.17, 15) is 9.18 Å². The summed E-state index contributed by atoms with van der Waals surface area (Å²) < 4.78 is 17.7. The van der Waals surface area contributed by atoms with Gasteiger partial charge in [0, 0.05) is 7.05 Å². The SMILES string of the molecule is CN(CCOc1ccc(F)cc1)C(=O)O. The minimum atomic E-state index is -1.00. The second-order valence-electron chi connectivity index (χ2n) is 3.01. The molecule has 15 heavy (non-hydrogen) atoms. The molecule has 0 aliphatic carbocycles. The summed E-state index contributed by atoms with van der Waals surface area (Å²) in [6.45, 7) is 0.515. The van der Waals surface area contributed by atoms with E-state index in [0.29, 0.717) is 5.75 Å². The molecule has 0 saturated carbocycles. The van der Waals surface area contributed by atoms with Gasteiger partial charge < -0.3 is 14.7 Å². The molecule has 1 aromatic carbocycles. The van der Waals surface area contributed by atoms with Crippen molar-refractivity contribution in [1.82, 2.24) is 4.90 Å². The van der Waals surface area contributed by atoms with Crippen LogP contribution >= 0.6 is 0 Å². The largest absolute Gasteiger partial charge is 0.492 e. The molecule has 4 nitrogen and oxygen atoms in total. The number of carbonyl (C=O) groups is 1. The molecule has 1 N–H and O–H groups in total. The maximum absolute atomic E-state index is 12.5. The Morgan fingerprint density at radius 3 is 2.60 bits per heavy atom. The first kappa shape index (κ1) is 11.3. The predicted octanol–water partition coefficient (Wildman–Crippen LogP) is 1.81. The lowest BCUT2D eigenvalue weighted by atomic mass is 10.3. The normalized spacial score (nSPS) is 9.73. The van der Waals surface area contributed by atoms with Gasteiger partial charge in [-0.2, -0.15) is 0 Å². The molecule has 0 unspecified atom stereocenters. The molecule has 1 rings (SSSR count). The summed E-state index contributed by atoms with van der Waals surface area (Å²) in [6, 6.07) is 5.57. The Hall–Kier alpha value is -1.78. The third-order valence-electron chi connectivity index (χ3n) is 1.84. The molecule has 0 saturated heterocycles. The van der Waals surface area contributed by atoms with Crippen LogP contribution < -0.4 is 4.74 Å². The summed E-state index contributed by atoms with van der Waals surface area (Å²) in [4.78, 5) is 11.5. The van der Waals surface area contributed by atoms with Crippen LogP contribution in [-0.2, 0) is 0 Å². The Kier molecular flexibility index (Phi) is 3.91. The summed E-state index contributed by atoms with van der Waals surface area (Å²) in [6.07, 6.45) is -1.00. The lowest BCUT2D eigenvalue weighted by molar-refractivity contribution is 0.147. The number of amides is 1. The molecule has 82 valence electrons. The topological polar surface area (TPSA) is 49.8 Å². The minimum absolute atomic E-state index is 0.244. The highest BCUT2D eigenvalue weighted by atomic mass is 19.1. The number of hydrogen-bond donors (Lipinski definition) is 1. The molecule has 0 aliphatic rings. The number of benzene rings is 1. The molecule has 0 aromatic heterocycles. The molecule has 0 aliphatic heterocycles. The fourth-order valence-corrected chi connectivity index (χ4v) is 0.927. The summed E-state index contributed by atoms with van der Waals surface area (Å²) in [5, 5.41) is 8.54. The second-order valence-corrected chi connectivity index (χ2v) is 3.01. The fraction of sp³-hybridized carbons (Fsp3) is 0.300. The van der Waals surface area contributed by atoms with Crippen LogP contribution in [0.2, 0.25) is 0 Å². The van der Waals surface area contributed by atoms with Crippen LogP contribution in [0, 0.1) is 5.82 Å². The Morgan fingerprint density at radius 1 is 1.47 bits per heavy atom. The van der Waals surface area contributed by atoms with E-state index in [4.69, 9.17) is 9.84 Å². The zero-order valence-electron chi connectivity index (χ0n) is 8.31. The van der Waals surface area contributed by atoms with Gasteiger partial charge in [-0.15, -0.1) is 0 Å². The highest BCUT2D eigenvalue weighted by Gasteiger charge is 2.04. The smallest absolute Gasteiger partial charge is 0.407 e. The van der Waals surface area contributed by atoms with E-state index in [1.165, 1.54) is 31.3 Å². The highest BCUT2D eigenvalue weighted by molar-refractivity contribution is 5.64. The third-order valence-corrected chi connectivity index (χ3v) is 1.84. The van der Waals surface area contributed by atoms with Crippen molar-refractivity contribution in [3.63, 3.8) is 0 Å². The highest BCUT2D eigenvalue weighted by Crippen LogP contribution is 2.10. The van der Waals surface area contributed by atoms with Gasteiger partial charge in [0.1, 0.15) is 18.2 Å². The molecule has 1 aromatic rings. The van der Waals surface area contributed by atoms with Gasteiger partial charge in [0.2, 0.25) is 0 Å². The Balaban J connectivity index is 2.32. The van der Waals surface area contributed by atoms with E-state index >= 15 is 0 Å².